The Morgan fingerprint density at radius 3 is 2.78 bits per heavy atom. The molecule has 2 aromatic heterocycles. The van der Waals surface area contributed by atoms with Gasteiger partial charge in [-0.15, -0.1) is 6.42 Å². The molecule has 0 unspecified atom stereocenters. The second-order valence-electron chi connectivity index (χ2n) is 12.9. The molecule has 1 N–H and O–H groups in total. The number of rotatable bonds is 6. The minimum absolute atomic E-state index is 0.162. The number of fused-ring (bicyclic) bond motifs is 2. The van der Waals surface area contributed by atoms with Crippen molar-refractivity contribution in [3.05, 3.63) is 59.3 Å². The average Bonchev–Trinajstić information content (AvgIpc) is 3.37. The lowest BCUT2D eigenvalue weighted by molar-refractivity contribution is 0.0985. The first-order valence-corrected chi connectivity index (χ1v) is 15.8. The molecule has 0 saturated carbocycles. The van der Waals surface area contributed by atoms with E-state index in [0.717, 1.165) is 23.6 Å². The van der Waals surface area contributed by atoms with Crippen molar-refractivity contribution in [2.75, 3.05) is 60.8 Å². The molecule has 0 bridgehead atoms. The molecule has 2 fully saturated rings. The first-order chi connectivity index (χ1) is 22.2. The van der Waals surface area contributed by atoms with Gasteiger partial charge in [0.15, 0.2) is 5.75 Å². The molecule has 242 valence electrons. The quantitative estimate of drug-likeness (QED) is 0.408. The van der Waals surface area contributed by atoms with E-state index in [1.807, 2.05) is 28.9 Å². The molecular weight excluding hydrogens is 594 g/mol. The van der Waals surface area contributed by atoms with Gasteiger partial charge >= 0.3 is 6.01 Å². The van der Waals surface area contributed by atoms with Gasteiger partial charge in [0.1, 0.15) is 31.0 Å². The van der Waals surface area contributed by atoms with Gasteiger partial charge in [0.05, 0.1) is 78.5 Å². The van der Waals surface area contributed by atoms with E-state index in [1.54, 1.807) is 18.5 Å². The third-order valence-electron chi connectivity index (χ3n) is 9.53. The Bertz CT molecular complexity index is 1640. The molecule has 0 aliphatic carbocycles. The minimum atomic E-state index is -1.02. The number of nitrogens with zero attached hydrogens (tertiary/aromatic N) is 6. The van der Waals surface area contributed by atoms with Crippen LogP contribution in [0.5, 0.6) is 11.8 Å². The van der Waals surface area contributed by atoms with E-state index in [2.05, 4.69) is 27.7 Å². The molecule has 0 spiro atoms. The number of aliphatic hydroxyl groups is 1. The van der Waals surface area contributed by atoms with Crippen LogP contribution in [0, 0.1) is 18.2 Å². The van der Waals surface area contributed by atoms with Gasteiger partial charge in [-0.3, -0.25) is 0 Å². The van der Waals surface area contributed by atoms with Gasteiger partial charge < -0.3 is 34.0 Å². The summed E-state index contributed by atoms with van der Waals surface area (Å²) in [6.45, 7) is 7.18. The number of benzene rings is 1. The van der Waals surface area contributed by atoms with Crippen molar-refractivity contribution in [2.24, 2.45) is 0 Å². The number of morpholine rings is 1. The van der Waals surface area contributed by atoms with E-state index in [9.17, 15) is 13.9 Å². The summed E-state index contributed by atoms with van der Waals surface area (Å²) in [5.41, 5.74) is 2.40. The van der Waals surface area contributed by atoms with Crippen LogP contribution in [-0.4, -0.2) is 96.0 Å². The number of hydrogen-bond donors (Lipinski definition) is 1. The molecule has 6 heterocycles. The molecule has 7 rings (SSSR count). The van der Waals surface area contributed by atoms with Gasteiger partial charge in [-0.1, -0.05) is 12.0 Å². The number of ether oxygens (including phenoxy) is 3. The molecule has 10 nitrogen and oxygen atoms in total. The normalized spacial score (nSPS) is 27.4. The zero-order valence-corrected chi connectivity index (χ0v) is 26.0. The number of terminal acetylenes is 1. The predicted molar refractivity (Wildman–Crippen MR) is 169 cm³/mol. The summed E-state index contributed by atoms with van der Waals surface area (Å²) in [4.78, 5) is 19.9. The lowest BCUT2D eigenvalue weighted by Crippen LogP contribution is -2.50. The summed E-state index contributed by atoms with van der Waals surface area (Å²) in [5, 5.41) is 10.6. The highest BCUT2D eigenvalue weighted by molar-refractivity contribution is 5.68. The highest BCUT2D eigenvalue weighted by Crippen LogP contribution is 2.38. The van der Waals surface area contributed by atoms with Gasteiger partial charge in [-0.2, -0.15) is 9.97 Å². The number of halogens is 2. The maximum Gasteiger partial charge on any atom is 0.316 e. The second-order valence-corrected chi connectivity index (χ2v) is 12.9. The largest absolute Gasteiger partial charge is 0.488 e. The smallest absolute Gasteiger partial charge is 0.316 e. The predicted octanol–water partition coefficient (Wildman–Crippen LogP) is 3.33. The van der Waals surface area contributed by atoms with Crippen molar-refractivity contribution in [3.8, 4) is 24.1 Å². The summed E-state index contributed by atoms with van der Waals surface area (Å²) < 4.78 is 47.3. The molecule has 46 heavy (non-hydrogen) atoms. The maximum atomic E-state index is 14.9. The summed E-state index contributed by atoms with van der Waals surface area (Å²) >= 11 is 0. The van der Waals surface area contributed by atoms with Crippen LogP contribution in [0.15, 0.2) is 36.7 Å². The molecule has 0 radical (unpaired) electrons. The highest BCUT2D eigenvalue weighted by atomic mass is 19.1. The van der Waals surface area contributed by atoms with Gasteiger partial charge in [0.25, 0.3) is 0 Å². The van der Waals surface area contributed by atoms with Crippen LogP contribution in [0.2, 0.25) is 0 Å². The number of aromatic nitrogens is 3. The molecule has 4 aliphatic heterocycles. The van der Waals surface area contributed by atoms with Gasteiger partial charge in [-0.25, -0.2) is 13.8 Å². The molecule has 3 aromatic rings. The Labute approximate surface area is 267 Å². The summed E-state index contributed by atoms with van der Waals surface area (Å²) in [7, 11) is 0. The summed E-state index contributed by atoms with van der Waals surface area (Å²) in [6, 6.07) is 7.14. The highest BCUT2D eigenvalue weighted by Gasteiger charge is 2.44. The lowest BCUT2D eigenvalue weighted by atomic mass is 9.93. The van der Waals surface area contributed by atoms with Crippen molar-refractivity contribution >= 4 is 17.2 Å². The SMILES string of the molecule is C#Cc1c(F)ccc2c1N([C@@H]1COc3cnc(OC[C@]4(C)C[C@@H](F)CN4c4ccc(N5CCOC[C@H]5C)nc4)nc3C1)C[C@@H](O)C2. The van der Waals surface area contributed by atoms with Crippen molar-refractivity contribution in [1.82, 2.24) is 15.0 Å². The molecule has 0 amide bonds. The van der Waals surface area contributed by atoms with Crippen LogP contribution in [0.1, 0.15) is 37.1 Å². The van der Waals surface area contributed by atoms with E-state index in [4.69, 9.17) is 25.6 Å². The second kappa shape index (κ2) is 12.2. The molecule has 4 aliphatic rings. The van der Waals surface area contributed by atoms with Crippen molar-refractivity contribution < 1.29 is 28.1 Å². The van der Waals surface area contributed by atoms with Crippen molar-refractivity contribution in [3.63, 3.8) is 0 Å². The van der Waals surface area contributed by atoms with Crippen LogP contribution in [0.3, 0.4) is 0 Å². The molecule has 1 aromatic carbocycles. The van der Waals surface area contributed by atoms with Gasteiger partial charge in [0.2, 0.25) is 0 Å². The number of pyridine rings is 1. The maximum absolute atomic E-state index is 14.9. The van der Waals surface area contributed by atoms with E-state index in [-0.39, 0.29) is 43.2 Å². The zero-order chi connectivity index (χ0) is 32.0. The summed E-state index contributed by atoms with van der Waals surface area (Å²) in [6.07, 6.45) is 8.58. The Balaban J connectivity index is 1.06. The number of aliphatic hydroxyl groups excluding tert-OH is 1. The fourth-order valence-electron chi connectivity index (χ4n) is 7.22. The van der Waals surface area contributed by atoms with Crippen molar-refractivity contribution in [1.29, 1.82) is 0 Å². The van der Waals surface area contributed by atoms with Crippen LogP contribution in [0.25, 0.3) is 0 Å². The Morgan fingerprint density at radius 1 is 1.13 bits per heavy atom. The minimum Gasteiger partial charge on any atom is -0.488 e. The topological polar surface area (TPSA) is 96.3 Å². The molecule has 2 saturated heterocycles. The van der Waals surface area contributed by atoms with Gasteiger partial charge in [0, 0.05) is 32.4 Å². The Morgan fingerprint density at radius 2 is 2.00 bits per heavy atom. The van der Waals surface area contributed by atoms with Crippen LogP contribution in [0.4, 0.5) is 26.0 Å². The Kier molecular flexibility index (Phi) is 8.07. The number of hydrogen-bond acceptors (Lipinski definition) is 10. The number of anilines is 3. The standard InChI is InChI=1S/C34H38F2N6O4/c1-4-27-28(36)7-5-22-11-26(43)17-41(32(22)27)25-12-29-30(45-19-25)15-38-33(39-29)46-20-34(3)13-23(35)16-42(34)24-6-8-31(37-14-24)40-9-10-44-18-21(40)2/h1,5-8,14-15,21,23,25-26,43H,9-13,16-20H2,2-3H3/t21-,23-,25+,26+,34+/m1/s1. The van der Waals surface area contributed by atoms with Crippen LogP contribution in [-0.2, 0) is 17.6 Å². The van der Waals surface area contributed by atoms with Crippen LogP contribution >= 0.6 is 0 Å². The Hall–Kier alpha value is -4.21. The summed E-state index contributed by atoms with van der Waals surface area (Å²) in [5.74, 6) is 3.44. The average molecular weight is 633 g/mol. The molecular formula is C34H38F2N6O4. The van der Waals surface area contributed by atoms with Crippen LogP contribution < -0.4 is 24.2 Å². The number of alkyl halides is 1. The third-order valence-corrected chi connectivity index (χ3v) is 9.53. The number of β-amino-alcohol motifs (C(OH)–C–C–N with tert-alkyl or cyclic N) is 1. The van der Waals surface area contributed by atoms with Crippen molar-refractivity contribution in [2.45, 2.75) is 63.0 Å². The molecule has 12 heteroatoms. The molecule has 5 atom stereocenters. The van der Waals surface area contributed by atoms with E-state index < -0.39 is 23.6 Å². The van der Waals surface area contributed by atoms with E-state index in [1.165, 1.54) is 6.07 Å². The zero-order valence-electron chi connectivity index (χ0n) is 26.0. The lowest BCUT2D eigenvalue weighted by Gasteiger charge is -2.41. The fourth-order valence-corrected chi connectivity index (χ4v) is 7.22. The first-order valence-electron chi connectivity index (χ1n) is 15.8. The fraction of sp³-hybridized carbons (Fsp3) is 0.500. The monoisotopic (exact) mass is 632 g/mol. The van der Waals surface area contributed by atoms with E-state index >= 15 is 0 Å². The van der Waals surface area contributed by atoms with E-state index in [0.29, 0.717) is 56.3 Å². The third kappa shape index (κ3) is 5.67. The first kappa shape index (κ1) is 30.4. The van der Waals surface area contributed by atoms with Gasteiger partial charge in [-0.05, 0) is 37.6 Å².